The highest BCUT2D eigenvalue weighted by atomic mass is 32.2. The zero-order chi connectivity index (χ0) is 13.2. The molecule has 1 atom stereocenters. The van der Waals surface area contributed by atoms with Gasteiger partial charge in [-0.3, -0.25) is 0 Å². The summed E-state index contributed by atoms with van der Waals surface area (Å²) >= 11 is 1.97. The van der Waals surface area contributed by atoms with Gasteiger partial charge in [-0.2, -0.15) is 0 Å². The Morgan fingerprint density at radius 1 is 1.39 bits per heavy atom. The van der Waals surface area contributed by atoms with Crippen molar-refractivity contribution in [3.63, 3.8) is 0 Å². The van der Waals surface area contributed by atoms with Gasteiger partial charge < -0.3 is 11.1 Å². The fourth-order valence-corrected chi connectivity index (χ4v) is 3.32. The molecule has 100 valence electrons. The largest absolute Gasteiger partial charge is 0.381 e. The summed E-state index contributed by atoms with van der Waals surface area (Å²) in [4.78, 5) is 1.39. The van der Waals surface area contributed by atoms with Gasteiger partial charge in [-0.15, -0.1) is 11.8 Å². The molecule has 0 saturated carbocycles. The molecule has 0 bridgehead atoms. The van der Waals surface area contributed by atoms with Crippen LogP contribution in [-0.2, 0) is 5.41 Å². The van der Waals surface area contributed by atoms with E-state index in [-0.39, 0.29) is 5.41 Å². The number of benzene rings is 1. The summed E-state index contributed by atoms with van der Waals surface area (Å²) in [6.07, 6.45) is 2.28. The quantitative estimate of drug-likeness (QED) is 0.876. The van der Waals surface area contributed by atoms with Crippen LogP contribution in [0.1, 0.15) is 39.2 Å². The maximum absolute atomic E-state index is 5.57. The van der Waals surface area contributed by atoms with Crippen molar-refractivity contribution in [3.8, 4) is 0 Å². The summed E-state index contributed by atoms with van der Waals surface area (Å²) in [5.41, 5.74) is 8.51. The molecule has 0 saturated heterocycles. The third-order valence-corrected chi connectivity index (χ3v) is 4.62. The third kappa shape index (κ3) is 3.21. The van der Waals surface area contributed by atoms with E-state index in [0.717, 1.165) is 18.7 Å². The lowest BCUT2D eigenvalue weighted by Gasteiger charge is -2.28. The molecule has 1 aromatic carbocycles. The molecule has 3 N–H and O–H groups in total. The second-order valence-electron chi connectivity index (χ2n) is 6.04. The number of rotatable bonds is 3. The van der Waals surface area contributed by atoms with E-state index in [1.807, 2.05) is 11.8 Å². The summed E-state index contributed by atoms with van der Waals surface area (Å²) in [6, 6.07) is 7.40. The maximum Gasteiger partial charge on any atom is 0.0481 e. The first kappa shape index (κ1) is 13.8. The number of thioether (sulfide) groups is 1. The Hall–Kier alpha value is -0.670. The normalized spacial score (nSPS) is 19.2. The Labute approximate surface area is 115 Å². The third-order valence-electron chi connectivity index (χ3n) is 3.40. The monoisotopic (exact) mass is 264 g/mol. The Morgan fingerprint density at radius 2 is 2.17 bits per heavy atom. The molecule has 1 aliphatic rings. The average molecular weight is 264 g/mol. The molecule has 0 aromatic heterocycles. The smallest absolute Gasteiger partial charge is 0.0481 e. The molecule has 2 nitrogen and oxygen atoms in total. The van der Waals surface area contributed by atoms with Gasteiger partial charge >= 0.3 is 0 Å². The van der Waals surface area contributed by atoms with Crippen molar-refractivity contribution in [1.82, 2.24) is 0 Å². The molecule has 0 radical (unpaired) electrons. The minimum absolute atomic E-state index is 0.228. The zero-order valence-electron chi connectivity index (χ0n) is 11.6. The maximum atomic E-state index is 5.57. The van der Waals surface area contributed by atoms with E-state index in [1.54, 1.807) is 0 Å². The van der Waals surface area contributed by atoms with Crippen molar-refractivity contribution >= 4 is 17.4 Å². The van der Waals surface area contributed by atoms with Gasteiger partial charge in [0.25, 0.3) is 0 Å². The second kappa shape index (κ2) is 5.54. The van der Waals surface area contributed by atoms with E-state index in [0.29, 0.717) is 6.04 Å². The highest BCUT2D eigenvalue weighted by Gasteiger charge is 2.20. The standard InChI is InChI=1S/C15H24N2S/c1-15(2,3)11-6-7-13-14(9-11)18-10-12(17-13)5-4-8-16/h6-7,9,12,17H,4-5,8,10,16H2,1-3H3. The van der Waals surface area contributed by atoms with Crippen LogP contribution in [0.4, 0.5) is 5.69 Å². The van der Waals surface area contributed by atoms with Crippen LogP contribution in [-0.4, -0.2) is 18.3 Å². The van der Waals surface area contributed by atoms with Gasteiger partial charge in [0.2, 0.25) is 0 Å². The predicted octanol–water partition coefficient (Wildman–Crippen LogP) is 3.61. The summed E-state index contributed by atoms with van der Waals surface area (Å²) in [5, 5.41) is 3.63. The lowest BCUT2D eigenvalue weighted by molar-refractivity contribution is 0.588. The SMILES string of the molecule is CC(C)(C)c1ccc2c(c1)SCC(CCCN)N2. The van der Waals surface area contributed by atoms with Crippen LogP contribution >= 0.6 is 11.8 Å². The van der Waals surface area contributed by atoms with Gasteiger partial charge in [0, 0.05) is 22.4 Å². The van der Waals surface area contributed by atoms with Crippen LogP contribution in [0, 0.1) is 0 Å². The van der Waals surface area contributed by atoms with Crippen molar-refractivity contribution in [2.45, 2.75) is 50.0 Å². The van der Waals surface area contributed by atoms with Crippen LogP contribution in [0.5, 0.6) is 0 Å². The lowest BCUT2D eigenvalue weighted by Crippen LogP contribution is -2.27. The Bertz CT molecular complexity index is 409. The van der Waals surface area contributed by atoms with Crippen LogP contribution in [0.25, 0.3) is 0 Å². The van der Waals surface area contributed by atoms with Crippen molar-refractivity contribution < 1.29 is 0 Å². The van der Waals surface area contributed by atoms with Crippen LogP contribution < -0.4 is 11.1 Å². The molecule has 18 heavy (non-hydrogen) atoms. The van der Waals surface area contributed by atoms with Crippen molar-refractivity contribution in [2.24, 2.45) is 5.73 Å². The minimum atomic E-state index is 0.228. The van der Waals surface area contributed by atoms with Crippen molar-refractivity contribution in [1.29, 1.82) is 0 Å². The molecule has 0 fully saturated rings. The van der Waals surface area contributed by atoms with E-state index in [2.05, 4.69) is 44.3 Å². The van der Waals surface area contributed by atoms with Crippen LogP contribution in [0.15, 0.2) is 23.1 Å². The van der Waals surface area contributed by atoms with Gasteiger partial charge in [-0.1, -0.05) is 26.8 Å². The molecular weight excluding hydrogens is 240 g/mol. The van der Waals surface area contributed by atoms with E-state index in [9.17, 15) is 0 Å². The predicted molar refractivity (Wildman–Crippen MR) is 81.6 cm³/mol. The second-order valence-corrected chi connectivity index (χ2v) is 7.11. The summed E-state index contributed by atoms with van der Waals surface area (Å²) in [7, 11) is 0. The summed E-state index contributed by atoms with van der Waals surface area (Å²) in [6.45, 7) is 7.58. The highest BCUT2D eigenvalue weighted by molar-refractivity contribution is 7.99. The summed E-state index contributed by atoms with van der Waals surface area (Å²) in [5.74, 6) is 1.15. The van der Waals surface area contributed by atoms with Crippen LogP contribution in [0.2, 0.25) is 0 Å². The van der Waals surface area contributed by atoms with E-state index in [1.165, 1.54) is 22.6 Å². The van der Waals surface area contributed by atoms with E-state index in [4.69, 9.17) is 5.73 Å². The van der Waals surface area contributed by atoms with Gasteiger partial charge in [-0.25, -0.2) is 0 Å². The number of nitrogens with two attached hydrogens (primary N) is 1. The first-order chi connectivity index (χ1) is 8.50. The Kier molecular flexibility index (Phi) is 4.23. The molecule has 1 unspecified atom stereocenters. The Balaban J connectivity index is 2.11. The zero-order valence-corrected chi connectivity index (χ0v) is 12.4. The molecule has 0 aliphatic carbocycles. The van der Waals surface area contributed by atoms with Gasteiger partial charge in [0.05, 0.1) is 0 Å². The van der Waals surface area contributed by atoms with Gasteiger partial charge in [-0.05, 0) is 42.5 Å². The number of anilines is 1. The van der Waals surface area contributed by atoms with Crippen molar-refractivity contribution in [2.75, 3.05) is 17.6 Å². The van der Waals surface area contributed by atoms with E-state index >= 15 is 0 Å². The van der Waals surface area contributed by atoms with Crippen LogP contribution in [0.3, 0.4) is 0 Å². The first-order valence-electron chi connectivity index (χ1n) is 6.74. The first-order valence-corrected chi connectivity index (χ1v) is 7.73. The lowest BCUT2D eigenvalue weighted by atomic mass is 9.87. The minimum Gasteiger partial charge on any atom is -0.381 e. The molecular formula is C15H24N2S. The fourth-order valence-electron chi connectivity index (χ4n) is 2.20. The van der Waals surface area contributed by atoms with E-state index < -0.39 is 0 Å². The average Bonchev–Trinajstić information content (AvgIpc) is 2.34. The molecule has 0 amide bonds. The number of nitrogens with one attached hydrogen (secondary N) is 1. The topological polar surface area (TPSA) is 38.0 Å². The number of hydrogen-bond donors (Lipinski definition) is 2. The fraction of sp³-hybridized carbons (Fsp3) is 0.600. The summed E-state index contributed by atoms with van der Waals surface area (Å²) < 4.78 is 0. The van der Waals surface area contributed by atoms with Crippen molar-refractivity contribution in [3.05, 3.63) is 23.8 Å². The number of fused-ring (bicyclic) bond motifs is 1. The molecule has 0 spiro atoms. The molecule has 2 rings (SSSR count). The van der Waals surface area contributed by atoms with Gasteiger partial charge in [0.15, 0.2) is 0 Å². The number of hydrogen-bond acceptors (Lipinski definition) is 3. The van der Waals surface area contributed by atoms with Gasteiger partial charge in [0.1, 0.15) is 0 Å². The highest BCUT2D eigenvalue weighted by Crippen LogP contribution is 2.37. The molecule has 3 heteroatoms. The molecule has 1 heterocycles. The molecule has 1 aliphatic heterocycles. The Morgan fingerprint density at radius 3 is 2.83 bits per heavy atom. The molecule has 1 aromatic rings.